The van der Waals surface area contributed by atoms with Crippen molar-refractivity contribution in [3.05, 3.63) is 0 Å². The van der Waals surface area contributed by atoms with Crippen molar-refractivity contribution in [3.8, 4) is 0 Å². The number of guanidine groups is 1. The second-order valence-corrected chi connectivity index (χ2v) is 9.59. The van der Waals surface area contributed by atoms with E-state index in [9.17, 15) is 13.2 Å². The highest BCUT2D eigenvalue weighted by Gasteiger charge is 2.39. The highest BCUT2D eigenvalue weighted by atomic mass is 32.2. The number of likely N-dealkylation sites (tertiary alicyclic amines) is 1. The minimum atomic E-state index is -3.20. The number of carbonyl (C=O) groups excluding carboxylic acids is 1. The van der Waals surface area contributed by atoms with Crippen LogP contribution < -0.4 is 10.0 Å². The van der Waals surface area contributed by atoms with E-state index in [4.69, 9.17) is 0 Å². The molecule has 0 atom stereocenters. The number of likely N-dealkylation sites (N-methyl/N-ethyl adjacent to an activating group) is 1. The highest BCUT2D eigenvalue weighted by Crippen LogP contribution is 2.43. The Bertz CT molecular complexity index is 612. The molecular formula is C17H33N5O3S. The van der Waals surface area contributed by atoms with Crippen molar-refractivity contribution < 1.29 is 13.2 Å². The standard InChI is InChI=1S/C17H33N5O3S/c1-21(2)15(23)13-19-16(18-10-11-20-26(3,24)25)22-12-9-17(14-22)7-5-4-6-8-17/h20H,4-14H2,1-3H3,(H,18,19). The molecule has 150 valence electrons. The maximum Gasteiger partial charge on any atom is 0.243 e. The maximum atomic E-state index is 11.9. The third kappa shape index (κ3) is 6.42. The molecule has 1 saturated heterocycles. The summed E-state index contributed by atoms with van der Waals surface area (Å²) in [6, 6.07) is 0. The molecule has 1 amide bonds. The van der Waals surface area contributed by atoms with Crippen molar-refractivity contribution >= 4 is 21.9 Å². The lowest BCUT2D eigenvalue weighted by atomic mass is 9.73. The van der Waals surface area contributed by atoms with E-state index in [0.29, 0.717) is 24.5 Å². The Kier molecular flexibility index (Phi) is 7.28. The molecule has 2 rings (SSSR count). The molecule has 9 heteroatoms. The Labute approximate surface area is 157 Å². The van der Waals surface area contributed by atoms with E-state index in [1.165, 1.54) is 37.0 Å². The summed E-state index contributed by atoms with van der Waals surface area (Å²) in [5, 5.41) is 3.23. The predicted molar refractivity (Wildman–Crippen MR) is 104 cm³/mol. The fourth-order valence-electron chi connectivity index (χ4n) is 3.79. The first-order chi connectivity index (χ1) is 12.2. The largest absolute Gasteiger partial charge is 0.355 e. The molecule has 0 unspecified atom stereocenters. The SMILES string of the molecule is CN(C)C(=O)CN=C(NCCNS(C)(=O)=O)N1CCC2(CCCCC2)C1. The van der Waals surface area contributed by atoms with Gasteiger partial charge in [0.05, 0.1) is 6.26 Å². The molecule has 8 nitrogen and oxygen atoms in total. The van der Waals surface area contributed by atoms with Crippen LogP contribution in [0.25, 0.3) is 0 Å². The molecule has 2 fully saturated rings. The van der Waals surface area contributed by atoms with Gasteiger partial charge < -0.3 is 15.1 Å². The van der Waals surface area contributed by atoms with Crippen LogP contribution in [0, 0.1) is 5.41 Å². The summed E-state index contributed by atoms with van der Waals surface area (Å²) in [7, 11) is 0.228. The number of sulfonamides is 1. The van der Waals surface area contributed by atoms with Crippen molar-refractivity contribution in [3.63, 3.8) is 0 Å². The Morgan fingerprint density at radius 3 is 2.46 bits per heavy atom. The van der Waals surface area contributed by atoms with Gasteiger partial charge in [0, 0.05) is 40.3 Å². The summed E-state index contributed by atoms with van der Waals surface area (Å²) in [6.45, 7) is 2.72. The van der Waals surface area contributed by atoms with Gasteiger partial charge in [-0.25, -0.2) is 18.1 Å². The first-order valence-corrected chi connectivity index (χ1v) is 11.3. The summed E-state index contributed by atoms with van der Waals surface area (Å²) in [5.74, 6) is 0.656. The molecule has 1 spiro atoms. The molecule has 2 aliphatic rings. The third-order valence-corrected chi connectivity index (χ3v) is 6.02. The molecule has 1 aliphatic carbocycles. The Hall–Kier alpha value is -1.35. The molecule has 0 aromatic rings. The maximum absolute atomic E-state index is 11.9. The molecule has 2 N–H and O–H groups in total. The van der Waals surface area contributed by atoms with Crippen molar-refractivity contribution in [1.29, 1.82) is 0 Å². The smallest absolute Gasteiger partial charge is 0.243 e. The van der Waals surface area contributed by atoms with Crippen LogP contribution in [0.1, 0.15) is 38.5 Å². The molecule has 0 bridgehead atoms. The molecular weight excluding hydrogens is 354 g/mol. The number of nitrogens with one attached hydrogen (secondary N) is 2. The molecule has 1 saturated carbocycles. The van der Waals surface area contributed by atoms with Gasteiger partial charge in [0.2, 0.25) is 15.9 Å². The second-order valence-electron chi connectivity index (χ2n) is 7.75. The van der Waals surface area contributed by atoms with Crippen LogP contribution >= 0.6 is 0 Å². The van der Waals surface area contributed by atoms with Crippen molar-refractivity contribution in [2.75, 3.05) is 53.1 Å². The van der Waals surface area contributed by atoms with Crippen molar-refractivity contribution in [2.24, 2.45) is 10.4 Å². The van der Waals surface area contributed by atoms with E-state index >= 15 is 0 Å². The number of hydrogen-bond acceptors (Lipinski definition) is 4. The number of carbonyl (C=O) groups is 1. The quantitative estimate of drug-likeness (QED) is 0.386. The molecule has 0 aromatic carbocycles. The van der Waals surface area contributed by atoms with Crippen LogP contribution in [0.3, 0.4) is 0 Å². The molecule has 26 heavy (non-hydrogen) atoms. The number of hydrogen-bond donors (Lipinski definition) is 2. The molecule has 1 heterocycles. The number of nitrogens with zero attached hydrogens (tertiary/aromatic N) is 3. The minimum absolute atomic E-state index is 0.0508. The second kappa shape index (κ2) is 9.03. The lowest BCUT2D eigenvalue weighted by Crippen LogP contribution is -2.44. The van der Waals surface area contributed by atoms with Crippen molar-refractivity contribution in [2.45, 2.75) is 38.5 Å². The zero-order valence-corrected chi connectivity index (χ0v) is 17.1. The molecule has 1 aliphatic heterocycles. The lowest BCUT2D eigenvalue weighted by Gasteiger charge is -2.33. The van der Waals surface area contributed by atoms with E-state index < -0.39 is 10.0 Å². The van der Waals surface area contributed by atoms with E-state index in [1.54, 1.807) is 14.1 Å². The summed E-state index contributed by atoms with van der Waals surface area (Å²) < 4.78 is 24.9. The van der Waals surface area contributed by atoms with Crippen LogP contribution in [-0.2, 0) is 14.8 Å². The molecule has 0 radical (unpaired) electrons. The summed E-state index contributed by atoms with van der Waals surface area (Å²) >= 11 is 0. The van der Waals surface area contributed by atoms with Gasteiger partial charge in [-0.3, -0.25) is 4.79 Å². The van der Waals surface area contributed by atoms with Gasteiger partial charge in [-0.15, -0.1) is 0 Å². The predicted octanol–water partition coefficient (Wildman–Crippen LogP) is 0.226. The fourth-order valence-corrected chi connectivity index (χ4v) is 4.26. The zero-order valence-electron chi connectivity index (χ0n) is 16.3. The topological polar surface area (TPSA) is 94.1 Å². The first-order valence-electron chi connectivity index (χ1n) is 9.39. The van der Waals surface area contributed by atoms with E-state index in [1.807, 2.05) is 0 Å². The van der Waals surface area contributed by atoms with Crippen LogP contribution in [0.5, 0.6) is 0 Å². The zero-order chi connectivity index (χ0) is 19.2. The number of amides is 1. The minimum Gasteiger partial charge on any atom is -0.355 e. The molecule has 0 aromatic heterocycles. The van der Waals surface area contributed by atoms with Gasteiger partial charge in [0.1, 0.15) is 6.54 Å². The first kappa shape index (κ1) is 21.0. The summed E-state index contributed by atoms with van der Waals surface area (Å²) in [5.41, 5.74) is 0.386. The van der Waals surface area contributed by atoms with Gasteiger partial charge >= 0.3 is 0 Å². The monoisotopic (exact) mass is 387 g/mol. The Balaban J connectivity index is 1.98. The van der Waals surface area contributed by atoms with Gasteiger partial charge in [0.15, 0.2) is 5.96 Å². The van der Waals surface area contributed by atoms with Gasteiger partial charge in [-0.2, -0.15) is 0 Å². The van der Waals surface area contributed by atoms with Crippen LogP contribution in [0.2, 0.25) is 0 Å². The third-order valence-electron chi connectivity index (χ3n) is 5.29. The number of aliphatic imine (C=N–C) groups is 1. The fraction of sp³-hybridized carbons (Fsp3) is 0.882. The van der Waals surface area contributed by atoms with Crippen LogP contribution in [0.15, 0.2) is 4.99 Å². The highest BCUT2D eigenvalue weighted by molar-refractivity contribution is 7.88. The normalized spacial score (nSPS) is 20.4. The average molecular weight is 388 g/mol. The van der Waals surface area contributed by atoms with E-state index in [2.05, 4.69) is 19.9 Å². The van der Waals surface area contributed by atoms with E-state index in [-0.39, 0.29) is 12.5 Å². The Morgan fingerprint density at radius 2 is 1.85 bits per heavy atom. The van der Waals surface area contributed by atoms with Gasteiger partial charge in [0.25, 0.3) is 0 Å². The Morgan fingerprint density at radius 1 is 1.15 bits per heavy atom. The summed E-state index contributed by atoms with van der Waals surface area (Å²) in [4.78, 5) is 20.2. The number of rotatable bonds is 6. The van der Waals surface area contributed by atoms with Gasteiger partial charge in [-0.1, -0.05) is 19.3 Å². The van der Waals surface area contributed by atoms with Gasteiger partial charge in [-0.05, 0) is 24.7 Å². The van der Waals surface area contributed by atoms with Crippen LogP contribution in [0.4, 0.5) is 0 Å². The van der Waals surface area contributed by atoms with Crippen LogP contribution in [-0.4, -0.2) is 83.2 Å². The average Bonchev–Trinajstić information content (AvgIpc) is 2.96. The summed E-state index contributed by atoms with van der Waals surface area (Å²) in [6.07, 6.45) is 8.76. The van der Waals surface area contributed by atoms with E-state index in [0.717, 1.165) is 25.8 Å². The van der Waals surface area contributed by atoms with Crippen molar-refractivity contribution in [1.82, 2.24) is 19.8 Å². The lowest BCUT2D eigenvalue weighted by molar-refractivity contribution is -0.127.